The molecule has 0 saturated heterocycles. The second-order valence-electron chi connectivity index (χ2n) is 9.35. The van der Waals surface area contributed by atoms with Crippen molar-refractivity contribution in [1.29, 1.82) is 0 Å². The number of amides is 2. The van der Waals surface area contributed by atoms with Crippen molar-refractivity contribution in [2.75, 3.05) is 5.32 Å². The van der Waals surface area contributed by atoms with Crippen LogP contribution in [0.2, 0.25) is 5.02 Å². The molecule has 194 valence electrons. The van der Waals surface area contributed by atoms with E-state index in [1.54, 1.807) is 0 Å². The maximum absolute atomic E-state index is 14.0. The Bertz CT molecular complexity index is 1420. The minimum absolute atomic E-state index is 0.00301. The maximum Gasteiger partial charge on any atom is 0.416 e. The van der Waals surface area contributed by atoms with Crippen LogP contribution in [0.4, 0.5) is 27.6 Å². The van der Waals surface area contributed by atoms with E-state index in [2.05, 4.69) is 10.6 Å². The number of hydrogen-bond donors (Lipinski definition) is 3. The molecule has 0 bridgehead atoms. The van der Waals surface area contributed by atoms with Crippen LogP contribution in [0.3, 0.4) is 0 Å². The fourth-order valence-electron chi connectivity index (χ4n) is 4.25. The summed E-state index contributed by atoms with van der Waals surface area (Å²) in [5.74, 6) is -3.54. The fraction of sp³-hybridized carbons (Fsp3) is 0.231. The van der Waals surface area contributed by atoms with Gasteiger partial charge in [-0.15, -0.1) is 0 Å². The molecule has 0 saturated carbocycles. The van der Waals surface area contributed by atoms with Crippen LogP contribution in [0.5, 0.6) is 0 Å². The molecule has 0 radical (unpaired) electrons. The van der Waals surface area contributed by atoms with E-state index < -0.39 is 52.4 Å². The van der Waals surface area contributed by atoms with E-state index in [1.807, 2.05) is 0 Å². The zero-order chi connectivity index (χ0) is 27.3. The van der Waals surface area contributed by atoms with Gasteiger partial charge in [0.2, 0.25) is 0 Å². The Morgan fingerprint density at radius 1 is 1.05 bits per heavy atom. The van der Waals surface area contributed by atoms with E-state index in [0.29, 0.717) is 17.7 Å². The standard InChI is InChI=1S/C26H20ClF5N2O3/c1-25(2,37)11-12-5-18-21(22(34-24(18)36)17-10-15(28)3-4-19(17)27)20(6-12)33-23(35)13-7-14(26(30,31)32)9-16(29)8-13/h3-10,22,37H,11H2,1-2H3,(H,33,35)(H,34,36)/t22-/m0/s1. The Kier molecular flexibility index (Phi) is 6.76. The van der Waals surface area contributed by atoms with Gasteiger partial charge in [0.25, 0.3) is 11.8 Å². The molecule has 3 N–H and O–H groups in total. The van der Waals surface area contributed by atoms with Crippen LogP contribution in [0.1, 0.15) is 62.9 Å². The van der Waals surface area contributed by atoms with Crippen LogP contribution >= 0.6 is 11.6 Å². The molecular formula is C26H20ClF5N2O3. The molecule has 0 unspecified atom stereocenters. The summed E-state index contributed by atoms with van der Waals surface area (Å²) in [6, 6.07) is 6.89. The lowest BCUT2D eigenvalue weighted by Crippen LogP contribution is -2.22. The molecular weight excluding hydrogens is 519 g/mol. The largest absolute Gasteiger partial charge is 0.416 e. The predicted octanol–water partition coefficient (Wildman–Crippen LogP) is 6.04. The number of aliphatic hydroxyl groups is 1. The molecule has 0 aromatic heterocycles. The quantitative estimate of drug-likeness (QED) is 0.347. The minimum atomic E-state index is -4.89. The van der Waals surface area contributed by atoms with E-state index in [4.69, 9.17) is 11.6 Å². The SMILES string of the molecule is CC(C)(O)Cc1cc(NC(=O)c2cc(F)cc(C(F)(F)F)c2)c2c(c1)C(=O)N[C@H]2c1cc(F)ccc1Cl. The molecule has 37 heavy (non-hydrogen) atoms. The highest BCUT2D eigenvalue weighted by Crippen LogP contribution is 2.41. The van der Waals surface area contributed by atoms with Crippen LogP contribution in [-0.2, 0) is 12.6 Å². The normalized spacial score (nSPS) is 15.4. The van der Waals surface area contributed by atoms with Crippen molar-refractivity contribution in [2.24, 2.45) is 0 Å². The van der Waals surface area contributed by atoms with Gasteiger partial charge >= 0.3 is 6.18 Å². The summed E-state index contributed by atoms with van der Waals surface area (Å²) in [6.45, 7) is 3.05. The number of benzene rings is 3. The molecule has 4 rings (SSSR count). The highest BCUT2D eigenvalue weighted by atomic mass is 35.5. The van der Waals surface area contributed by atoms with Crippen LogP contribution < -0.4 is 10.6 Å². The van der Waals surface area contributed by atoms with Crippen molar-refractivity contribution >= 4 is 29.1 Å². The van der Waals surface area contributed by atoms with E-state index >= 15 is 0 Å². The van der Waals surface area contributed by atoms with Gasteiger partial charge in [-0.3, -0.25) is 9.59 Å². The Balaban J connectivity index is 1.84. The topological polar surface area (TPSA) is 78.4 Å². The van der Waals surface area contributed by atoms with E-state index in [-0.39, 0.29) is 39.9 Å². The van der Waals surface area contributed by atoms with Gasteiger partial charge in [0.15, 0.2) is 0 Å². The smallest absolute Gasteiger partial charge is 0.390 e. The third-order valence-corrected chi connectivity index (χ3v) is 6.03. The molecule has 11 heteroatoms. The molecule has 1 aliphatic rings. The number of alkyl halides is 3. The van der Waals surface area contributed by atoms with E-state index in [0.717, 1.165) is 12.1 Å². The monoisotopic (exact) mass is 538 g/mol. The lowest BCUT2D eigenvalue weighted by molar-refractivity contribution is -0.137. The molecule has 3 aromatic rings. The van der Waals surface area contributed by atoms with Gasteiger partial charge in [-0.1, -0.05) is 11.6 Å². The first-order chi connectivity index (χ1) is 17.1. The number of carbonyl (C=O) groups is 2. The first-order valence-corrected chi connectivity index (χ1v) is 11.3. The summed E-state index contributed by atoms with van der Waals surface area (Å²) in [6.07, 6.45) is -4.83. The van der Waals surface area contributed by atoms with Crippen molar-refractivity contribution < 1.29 is 36.6 Å². The third kappa shape index (κ3) is 5.75. The van der Waals surface area contributed by atoms with E-state index in [9.17, 15) is 36.6 Å². The van der Waals surface area contributed by atoms with Gasteiger partial charge in [-0.2, -0.15) is 13.2 Å². The first kappa shape index (κ1) is 26.6. The van der Waals surface area contributed by atoms with Crippen LogP contribution in [0.15, 0.2) is 48.5 Å². The summed E-state index contributed by atoms with van der Waals surface area (Å²) >= 11 is 6.25. The number of fused-ring (bicyclic) bond motifs is 1. The average molecular weight is 539 g/mol. The van der Waals surface area contributed by atoms with Gasteiger partial charge in [-0.05, 0) is 67.9 Å². The van der Waals surface area contributed by atoms with Gasteiger partial charge in [-0.25, -0.2) is 8.78 Å². The molecule has 5 nitrogen and oxygen atoms in total. The van der Waals surface area contributed by atoms with Crippen molar-refractivity contribution in [3.05, 3.63) is 98.6 Å². The van der Waals surface area contributed by atoms with Crippen molar-refractivity contribution in [3.63, 3.8) is 0 Å². The summed E-state index contributed by atoms with van der Waals surface area (Å²) in [4.78, 5) is 25.9. The number of carbonyl (C=O) groups excluding carboxylic acids is 2. The molecule has 0 fully saturated rings. The second kappa shape index (κ2) is 9.42. The zero-order valence-corrected chi connectivity index (χ0v) is 20.2. The zero-order valence-electron chi connectivity index (χ0n) is 19.4. The molecule has 3 aromatic carbocycles. The predicted molar refractivity (Wildman–Crippen MR) is 127 cm³/mol. The Hall–Kier alpha value is -3.50. The molecule has 1 atom stereocenters. The lowest BCUT2D eigenvalue weighted by Gasteiger charge is -2.21. The molecule has 2 amide bonds. The number of hydrogen-bond acceptors (Lipinski definition) is 3. The highest BCUT2D eigenvalue weighted by Gasteiger charge is 2.36. The maximum atomic E-state index is 14.0. The number of nitrogens with one attached hydrogen (secondary N) is 2. The Morgan fingerprint density at radius 3 is 2.41 bits per heavy atom. The molecule has 1 aliphatic heterocycles. The number of anilines is 1. The lowest BCUT2D eigenvalue weighted by atomic mass is 9.91. The average Bonchev–Trinajstić information content (AvgIpc) is 3.09. The Morgan fingerprint density at radius 2 is 1.76 bits per heavy atom. The number of halogens is 6. The van der Waals surface area contributed by atoms with Crippen molar-refractivity contribution in [3.8, 4) is 0 Å². The summed E-state index contributed by atoms with van der Waals surface area (Å²) in [5, 5.41) is 15.5. The fourth-order valence-corrected chi connectivity index (χ4v) is 4.47. The van der Waals surface area contributed by atoms with Gasteiger partial charge in [0.1, 0.15) is 11.6 Å². The summed E-state index contributed by atoms with van der Waals surface area (Å²) in [7, 11) is 0. The number of rotatable bonds is 5. The van der Waals surface area contributed by atoms with Gasteiger partial charge < -0.3 is 15.7 Å². The van der Waals surface area contributed by atoms with E-state index in [1.165, 1.54) is 32.0 Å². The van der Waals surface area contributed by atoms with Crippen LogP contribution in [0.25, 0.3) is 0 Å². The minimum Gasteiger partial charge on any atom is -0.390 e. The molecule has 1 heterocycles. The highest BCUT2D eigenvalue weighted by molar-refractivity contribution is 6.31. The third-order valence-electron chi connectivity index (χ3n) is 5.69. The van der Waals surface area contributed by atoms with Gasteiger partial charge in [0.05, 0.1) is 17.2 Å². The molecule has 0 spiro atoms. The second-order valence-corrected chi connectivity index (χ2v) is 9.75. The first-order valence-electron chi connectivity index (χ1n) is 11.0. The Labute approximate surface area is 213 Å². The molecule has 0 aliphatic carbocycles. The van der Waals surface area contributed by atoms with Crippen LogP contribution in [0, 0.1) is 11.6 Å². The van der Waals surface area contributed by atoms with Gasteiger partial charge in [0, 0.05) is 39.4 Å². The summed E-state index contributed by atoms with van der Waals surface area (Å²) < 4.78 is 67.5. The summed E-state index contributed by atoms with van der Waals surface area (Å²) in [5.41, 5.74) is -2.26. The van der Waals surface area contributed by atoms with Crippen molar-refractivity contribution in [2.45, 2.75) is 38.1 Å². The van der Waals surface area contributed by atoms with Crippen molar-refractivity contribution in [1.82, 2.24) is 5.32 Å². The van der Waals surface area contributed by atoms with Crippen LogP contribution in [-0.4, -0.2) is 22.5 Å².